The van der Waals surface area contributed by atoms with Crippen molar-refractivity contribution in [3.8, 4) is 0 Å². The highest BCUT2D eigenvalue weighted by molar-refractivity contribution is 5.92. The molecule has 2 fully saturated rings. The number of rotatable bonds is 7. The molecule has 1 aromatic carbocycles. The number of nitrogens with zero attached hydrogens (tertiary/aromatic N) is 2. The molecule has 9 heteroatoms. The zero-order valence-corrected chi connectivity index (χ0v) is 14.9. The lowest BCUT2D eigenvalue weighted by Crippen LogP contribution is -2.60. The summed E-state index contributed by atoms with van der Waals surface area (Å²) in [5.41, 5.74) is 5.69. The van der Waals surface area contributed by atoms with Gasteiger partial charge in [-0.05, 0) is 24.6 Å². The fourth-order valence-corrected chi connectivity index (χ4v) is 3.61. The Bertz CT molecular complexity index is 771. The first-order chi connectivity index (χ1) is 12.8. The van der Waals surface area contributed by atoms with E-state index < -0.39 is 36.6 Å². The quantitative estimate of drug-likeness (QED) is 0.725. The predicted octanol–water partition coefficient (Wildman–Crippen LogP) is 0.802. The van der Waals surface area contributed by atoms with Crippen molar-refractivity contribution in [2.45, 2.75) is 31.9 Å². The molecular weight excluding hydrogens is 357 g/mol. The molecule has 0 saturated carbocycles. The predicted molar refractivity (Wildman–Crippen MR) is 94.8 cm³/mol. The van der Waals surface area contributed by atoms with E-state index in [2.05, 4.69) is 0 Å². The van der Waals surface area contributed by atoms with Crippen molar-refractivity contribution in [3.05, 3.63) is 24.0 Å². The molecule has 0 spiro atoms. The van der Waals surface area contributed by atoms with Gasteiger partial charge in [-0.2, -0.15) is 0 Å². The number of ether oxygens (including phenoxy) is 1. The van der Waals surface area contributed by atoms with Crippen LogP contribution < -0.4 is 15.5 Å². The molecule has 0 aromatic heterocycles. The molecule has 0 bridgehead atoms. The highest BCUT2D eigenvalue weighted by atomic mass is 19.1. The maximum atomic E-state index is 14.7. The van der Waals surface area contributed by atoms with Crippen molar-refractivity contribution in [1.82, 2.24) is 0 Å². The van der Waals surface area contributed by atoms with Gasteiger partial charge in [-0.15, -0.1) is 0 Å². The highest BCUT2D eigenvalue weighted by Crippen LogP contribution is 2.35. The average Bonchev–Trinajstić information content (AvgIpc) is 2.98. The SMILES string of the molecule is CC1CN(c2ccc(N3CC(CCC(N)=O)OC3=O)cc2F)C1C(=O)CO. The minimum absolute atomic E-state index is 0.0308. The van der Waals surface area contributed by atoms with Crippen molar-refractivity contribution in [3.63, 3.8) is 0 Å². The molecule has 2 aliphatic heterocycles. The molecule has 1 aromatic rings. The average molecular weight is 379 g/mol. The summed E-state index contributed by atoms with van der Waals surface area (Å²) in [6.07, 6.45) is -0.667. The van der Waals surface area contributed by atoms with Crippen LogP contribution in [0.5, 0.6) is 0 Å². The lowest BCUT2D eigenvalue weighted by molar-refractivity contribution is -0.125. The van der Waals surface area contributed by atoms with E-state index in [1.54, 1.807) is 11.0 Å². The number of amides is 2. The monoisotopic (exact) mass is 379 g/mol. The van der Waals surface area contributed by atoms with E-state index in [0.29, 0.717) is 18.7 Å². The second kappa shape index (κ2) is 7.51. The maximum absolute atomic E-state index is 14.7. The van der Waals surface area contributed by atoms with Crippen LogP contribution in [-0.2, 0) is 14.3 Å². The van der Waals surface area contributed by atoms with Gasteiger partial charge in [0.1, 0.15) is 18.5 Å². The van der Waals surface area contributed by atoms with Crippen LogP contribution >= 0.6 is 0 Å². The maximum Gasteiger partial charge on any atom is 0.414 e. The smallest absolute Gasteiger partial charge is 0.414 e. The number of Topliss-reactive ketones (excluding diaryl/α,β-unsaturated/α-hetero) is 1. The van der Waals surface area contributed by atoms with Gasteiger partial charge < -0.3 is 20.5 Å². The summed E-state index contributed by atoms with van der Waals surface area (Å²) < 4.78 is 19.8. The Hall–Kier alpha value is -2.68. The van der Waals surface area contributed by atoms with Crippen molar-refractivity contribution < 1.29 is 28.6 Å². The van der Waals surface area contributed by atoms with E-state index in [-0.39, 0.29) is 30.4 Å². The summed E-state index contributed by atoms with van der Waals surface area (Å²) in [4.78, 5) is 37.7. The molecule has 3 rings (SSSR count). The van der Waals surface area contributed by atoms with Gasteiger partial charge in [-0.25, -0.2) is 9.18 Å². The normalized spacial score (nSPS) is 24.6. The summed E-state index contributed by atoms with van der Waals surface area (Å²) in [7, 11) is 0. The first-order valence-corrected chi connectivity index (χ1v) is 8.78. The molecule has 2 aliphatic rings. The molecule has 146 valence electrons. The molecular formula is C18H22FN3O5. The number of anilines is 2. The molecule has 2 heterocycles. The number of cyclic esters (lactones) is 1. The Labute approximate surface area is 155 Å². The van der Waals surface area contributed by atoms with Gasteiger partial charge in [0.25, 0.3) is 0 Å². The van der Waals surface area contributed by atoms with Gasteiger partial charge in [-0.1, -0.05) is 6.92 Å². The number of carbonyl (C=O) groups is 3. The van der Waals surface area contributed by atoms with Crippen molar-refractivity contribution in [1.29, 1.82) is 0 Å². The van der Waals surface area contributed by atoms with Gasteiger partial charge in [0.15, 0.2) is 5.78 Å². The molecule has 2 amide bonds. The van der Waals surface area contributed by atoms with Crippen LogP contribution in [0, 0.1) is 11.7 Å². The number of hydrogen-bond acceptors (Lipinski definition) is 6. The zero-order valence-electron chi connectivity index (χ0n) is 14.9. The Morgan fingerprint density at radius 3 is 2.70 bits per heavy atom. The Morgan fingerprint density at radius 1 is 1.37 bits per heavy atom. The molecule has 0 aliphatic carbocycles. The molecule has 8 nitrogen and oxygen atoms in total. The number of carbonyl (C=O) groups excluding carboxylic acids is 3. The minimum Gasteiger partial charge on any atom is -0.444 e. The van der Waals surface area contributed by atoms with Gasteiger partial charge in [0.2, 0.25) is 5.91 Å². The number of benzene rings is 1. The van der Waals surface area contributed by atoms with Crippen LogP contribution in [0.15, 0.2) is 18.2 Å². The van der Waals surface area contributed by atoms with Crippen LogP contribution in [0.3, 0.4) is 0 Å². The van der Waals surface area contributed by atoms with E-state index in [0.717, 1.165) is 0 Å². The molecule has 3 atom stereocenters. The molecule has 27 heavy (non-hydrogen) atoms. The van der Waals surface area contributed by atoms with Crippen molar-refractivity contribution >= 4 is 29.2 Å². The van der Waals surface area contributed by atoms with Crippen LogP contribution in [0.2, 0.25) is 0 Å². The summed E-state index contributed by atoms with van der Waals surface area (Å²) in [6.45, 7) is 2.00. The summed E-state index contributed by atoms with van der Waals surface area (Å²) >= 11 is 0. The molecule has 2 saturated heterocycles. The lowest BCUT2D eigenvalue weighted by atomic mass is 9.86. The number of primary amides is 1. The third kappa shape index (κ3) is 3.73. The van der Waals surface area contributed by atoms with Gasteiger partial charge >= 0.3 is 6.09 Å². The fraction of sp³-hybridized carbons (Fsp3) is 0.500. The molecule has 3 N–H and O–H groups in total. The largest absolute Gasteiger partial charge is 0.444 e. The standard InChI is InChI=1S/C18H22FN3O5/c1-10-7-22(17(10)15(24)9-23)14-4-2-11(6-13(14)19)21-8-12(27-18(21)26)3-5-16(20)25/h2,4,6,10,12,17,23H,3,5,7-9H2,1H3,(H2,20,25). The van der Waals surface area contributed by atoms with Crippen molar-refractivity contribution in [2.75, 3.05) is 29.5 Å². The zero-order chi connectivity index (χ0) is 19.7. The van der Waals surface area contributed by atoms with E-state index in [9.17, 15) is 18.8 Å². The van der Waals surface area contributed by atoms with E-state index in [1.807, 2.05) is 6.92 Å². The fourth-order valence-electron chi connectivity index (χ4n) is 3.61. The van der Waals surface area contributed by atoms with E-state index >= 15 is 0 Å². The first kappa shape index (κ1) is 19.1. The third-order valence-corrected chi connectivity index (χ3v) is 4.98. The topological polar surface area (TPSA) is 113 Å². The third-order valence-electron chi connectivity index (χ3n) is 4.98. The van der Waals surface area contributed by atoms with Crippen LogP contribution in [0.4, 0.5) is 20.6 Å². The minimum atomic E-state index is -0.609. The second-order valence-electron chi connectivity index (χ2n) is 6.96. The van der Waals surface area contributed by atoms with Crippen LogP contribution in [-0.4, -0.2) is 54.7 Å². The van der Waals surface area contributed by atoms with E-state index in [4.69, 9.17) is 15.6 Å². The summed E-state index contributed by atoms with van der Waals surface area (Å²) in [5, 5.41) is 9.08. The van der Waals surface area contributed by atoms with Crippen molar-refractivity contribution in [2.24, 2.45) is 11.7 Å². The van der Waals surface area contributed by atoms with E-state index in [1.165, 1.54) is 17.0 Å². The Balaban J connectivity index is 1.73. The summed E-state index contributed by atoms with van der Waals surface area (Å²) in [5.74, 6) is -1.36. The van der Waals surface area contributed by atoms with Gasteiger partial charge in [-0.3, -0.25) is 14.5 Å². The Morgan fingerprint density at radius 2 is 2.11 bits per heavy atom. The molecule has 3 unspecified atom stereocenters. The van der Waals surface area contributed by atoms with Crippen LogP contribution in [0.1, 0.15) is 19.8 Å². The number of aliphatic hydroxyl groups excluding tert-OH is 1. The first-order valence-electron chi connectivity index (χ1n) is 8.78. The van der Waals surface area contributed by atoms with Gasteiger partial charge in [0, 0.05) is 18.9 Å². The number of halogens is 1. The highest BCUT2D eigenvalue weighted by Gasteiger charge is 2.41. The summed E-state index contributed by atoms with van der Waals surface area (Å²) in [6, 6.07) is 3.76. The molecule has 0 radical (unpaired) electrons. The number of aliphatic hydroxyl groups is 1. The van der Waals surface area contributed by atoms with Crippen LogP contribution in [0.25, 0.3) is 0 Å². The second-order valence-corrected chi connectivity index (χ2v) is 6.96. The Kier molecular flexibility index (Phi) is 5.31. The number of ketones is 1. The lowest BCUT2D eigenvalue weighted by Gasteiger charge is -2.47. The number of nitrogens with two attached hydrogens (primary N) is 1. The van der Waals surface area contributed by atoms with Gasteiger partial charge in [0.05, 0.1) is 24.0 Å². The number of hydrogen-bond donors (Lipinski definition) is 2.